The molecule has 5 heteroatoms. The van der Waals surface area contributed by atoms with Gasteiger partial charge in [-0.2, -0.15) is 0 Å². The molecule has 2 atom stereocenters. The molecule has 0 aliphatic carbocycles. The van der Waals surface area contributed by atoms with Crippen LogP contribution in [0, 0.1) is 5.92 Å². The molecular weight excluding hydrogens is 273 g/mol. The topological polar surface area (TPSA) is 41.5 Å². The van der Waals surface area contributed by atoms with E-state index in [4.69, 9.17) is 33.0 Å². The van der Waals surface area contributed by atoms with Gasteiger partial charge in [0.1, 0.15) is 5.75 Å². The Labute approximate surface area is 118 Å². The lowest BCUT2D eigenvalue weighted by atomic mass is 10.0. The predicted octanol–water partition coefficient (Wildman–Crippen LogP) is 3.11. The van der Waals surface area contributed by atoms with E-state index in [-0.39, 0.29) is 18.6 Å². The van der Waals surface area contributed by atoms with Crippen molar-refractivity contribution in [2.24, 2.45) is 5.92 Å². The van der Waals surface area contributed by atoms with Gasteiger partial charge in [-0.3, -0.25) is 0 Å². The first-order valence-corrected chi connectivity index (χ1v) is 6.61. The van der Waals surface area contributed by atoms with Crippen LogP contribution in [0.15, 0.2) is 12.1 Å². The fourth-order valence-corrected chi connectivity index (χ4v) is 1.98. The number of hydrogen-bond acceptors (Lipinski definition) is 3. The van der Waals surface area contributed by atoms with Crippen LogP contribution in [0.2, 0.25) is 10.0 Å². The highest BCUT2D eigenvalue weighted by atomic mass is 35.5. The molecule has 18 heavy (non-hydrogen) atoms. The number of nitrogens with one attached hydrogen (secondary N) is 1. The number of aliphatic hydroxyl groups is 1. The number of benzene rings is 1. The average Bonchev–Trinajstić information content (AvgIpc) is 2.37. The van der Waals surface area contributed by atoms with E-state index in [0.29, 0.717) is 22.3 Å². The van der Waals surface area contributed by atoms with Gasteiger partial charge in [0.2, 0.25) is 0 Å². The van der Waals surface area contributed by atoms with E-state index in [2.05, 4.69) is 5.32 Å². The zero-order valence-corrected chi connectivity index (χ0v) is 12.3. The molecule has 1 rings (SSSR count). The van der Waals surface area contributed by atoms with Gasteiger partial charge in [-0.15, -0.1) is 0 Å². The summed E-state index contributed by atoms with van der Waals surface area (Å²) in [6, 6.07) is 3.71. The Morgan fingerprint density at radius 2 is 1.94 bits per heavy atom. The second-order valence-corrected chi connectivity index (χ2v) is 5.22. The minimum absolute atomic E-state index is 0.158. The Hall–Kier alpha value is -0.480. The van der Waals surface area contributed by atoms with Gasteiger partial charge < -0.3 is 15.2 Å². The normalized spacial score (nSPS) is 14.3. The number of rotatable bonds is 6. The second-order valence-electron chi connectivity index (χ2n) is 4.41. The monoisotopic (exact) mass is 291 g/mol. The van der Waals surface area contributed by atoms with Crippen molar-refractivity contribution in [3.63, 3.8) is 0 Å². The van der Waals surface area contributed by atoms with Crippen LogP contribution in [-0.2, 0) is 6.54 Å². The molecule has 1 aromatic rings. The lowest BCUT2D eigenvalue weighted by molar-refractivity contribution is 0.207. The summed E-state index contributed by atoms with van der Waals surface area (Å²) < 4.78 is 5.09. The quantitative estimate of drug-likeness (QED) is 0.846. The van der Waals surface area contributed by atoms with Crippen LogP contribution in [0.1, 0.15) is 19.4 Å². The third-order valence-electron chi connectivity index (χ3n) is 3.08. The molecule has 0 spiro atoms. The van der Waals surface area contributed by atoms with Crippen molar-refractivity contribution in [1.82, 2.24) is 5.32 Å². The Bertz CT molecular complexity index is 399. The summed E-state index contributed by atoms with van der Waals surface area (Å²) in [5, 5.41) is 13.5. The Morgan fingerprint density at radius 1 is 1.28 bits per heavy atom. The van der Waals surface area contributed by atoms with Gasteiger partial charge in [0.25, 0.3) is 0 Å². The lowest BCUT2D eigenvalue weighted by Crippen LogP contribution is -2.33. The minimum Gasteiger partial charge on any atom is -0.495 e. The summed E-state index contributed by atoms with van der Waals surface area (Å²) in [5.74, 6) is 0.764. The van der Waals surface area contributed by atoms with E-state index in [1.165, 1.54) is 0 Å². The number of aliphatic hydroxyl groups excluding tert-OH is 1. The van der Waals surface area contributed by atoms with Gasteiger partial charge in [0.15, 0.2) is 0 Å². The SMILES string of the molecule is COc1cc(Cl)c(CNC(C)C(C)CO)cc1Cl. The highest BCUT2D eigenvalue weighted by Gasteiger charge is 2.12. The summed E-state index contributed by atoms with van der Waals surface area (Å²) in [6.07, 6.45) is 0. The zero-order valence-electron chi connectivity index (χ0n) is 10.8. The number of ether oxygens (including phenoxy) is 1. The van der Waals surface area contributed by atoms with Gasteiger partial charge in [-0.05, 0) is 24.5 Å². The van der Waals surface area contributed by atoms with E-state index < -0.39 is 0 Å². The third-order valence-corrected chi connectivity index (χ3v) is 3.72. The van der Waals surface area contributed by atoms with Gasteiger partial charge in [-0.25, -0.2) is 0 Å². The zero-order chi connectivity index (χ0) is 13.7. The summed E-state index contributed by atoms with van der Waals surface area (Å²) in [4.78, 5) is 0. The maximum Gasteiger partial charge on any atom is 0.138 e. The molecule has 0 aliphatic heterocycles. The van der Waals surface area contributed by atoms with E-state index in [9.17, 15) is 0 Å². The van der Waals surface area contributed by atoms with Gasteiger partial charge in [0.05, 0.1) is 12.1 Å². The minimum atomic E-state index is 0.158. The molecule has 1 aromatic carbocycles. The summed E-state index contributed by atoms with van der Waals surface area (Å²) in [7, 11) is 1.56. The van der Waals surface area contributed by atoms with Crippen LogP contribution in [0.5, 0.6) is 5.75 Å². The molecule has 102 valence electrons. The number of methoxy groups -OCH3 is 1. The second kappa shape index (κ2) is 7.19. The highest BCUT2D eigenvalue weighted by Crippen LogP contribution is 2.30. The van der Waals surface area contributed by atoms with E-state index in [1.54, 1.807) is 19.2 Å². The van der Waals surface area contributed by atoms with Crippen molar-refractivity contribution in [2.75, 3.05) is 13.7 Å². The van der Waals surface area contributed by atoms with Crippen LogP contribution in [0.4, 0.5) is 0 Å². The van der Waals surface area contributed by atoms with Crippen LogP contribution < -0.4 is 10.1 Å². The molecule has 2 unspecified atom stereocenters. The smallest absolute Gasteiger partial charge is 0.138 e. The van der Waals surface area contributed by atoms with Gasteiger partial charge in [-0.1, -0.05) is 30.1 Å². The summed E-state index contributed by atoms with van der Waals surface area (Å²) in [5.41, 5.74) is 0.916. The molecule has 0 aromatic heterocycles. The first-order chi connectivity index (χ1) is 8.49. The Kier molecular flexibility index (Phi) is 6.22. The van der Waals surface area contributed by atoms with Crippen molar-refractivity contribution in [1.29, 1.82) is 0 Å². The first kappa shape index (κ1) is 15.6. The predicted molar refractivity (Wildman–Crippen MR) is 75.6 cm³/mol. The van der Waals surface area contributed by atoms with Crippen molar-refractivity contribution in [3.8, 4) is 5.75 Å². The third kappa shape index (κ3) is 4.02. The largest absolute Gasteiger partial charge is 0.495 e. The summed E-state index contributed by atoms with van der Waals surface area (Å²) in [6.45, 7) is 4.78. The maximum absolute atomic E-state index is 9.07. The van der Waals surface area contributed by atoms with Gasteiger partial charge >= 0.3 is 0 Å². The molecule has 0 amide bonds. The molecule has 0 fully saturated rings. The Morgan fingerprint density at radius 3 is 2.50 bits per heavy atom. The van der Waals surface area contributed by atoms with Crippen molar-refractivity contribution < 1.29 is 9.84 Å². The molecule has 0 radical (unpaired) electrons. The summed E-state index contributed by atoms with van der Waals surface area (Å²) >= 11 is 12.2. The molecular formula is C13H19Cl2NO2. The maximum atomic E-state index is 9.07. The van der Waals surface area contributed by atoms with Crippen LogP contribution in [0.3, 0.4) is 0 Å². The lowest BCUT2D eigenvalue weighted by Gasteiger charge is -2.20. The van der Waals surface area contributed by atoms with E-state index in [0.717, 1.165) is 5.56 Å². The fraction of sp³-hybridized carbons (Fsp3) is 0.538. The molecule has 0 aliphatic rings. The van der Waals surface area contributed by atoms with Crippen LogP contribution in [-0.4, -0.2) is 24.9 Å². The van der Waals surface area contributed by atoms with Crippen molar-refractivity contribution >= 4 is 23.2 Å². The van der Waals surface area contributed by atoms with Gasteiger partial charge in [0, 0.05) is 30.3 Å². The molecule has 0 bridgehead atoms. The standard InChI is InChI=1S/C13H19Cl2NO2/c1-8(7-17)9(2)16-6-10-4-12(15)13(18-3)5-11(10)14/h4-5,8-9,16-17H,6-7H2,1-3H3. The Balaban J connectivity index is 2.71. The molecule has 0 saturated heterocycles. The fourth-order valence-electron chi connectivity index (χ4n) is 1.49. The van der Waals surface area contributed by atoms with Crippen molar-refractivity contribution in [3.05, 3.63) is 27.7 Å². The van der Waals surface area contributed by atoms with E-state index in [1.807, 2.05) is 13.8 Å². The molecule has 3 nitrogen and oxygen atoms in total. The first-order valence-electron chi connectivity index (χ1n) is 5.85. The van der Waals surface area contributed by atoms with Crippen molar-refractivity contribution in [2.45, 2.75) is 26.4 Å². The number of hydrogen-bond donors (Lipinski definition) is 2. The average molecular weight is 292 g/mol. The van der Waals surface area contributed by atoms with Crippen LogP contribution >= 0.6 is 23.2 Å². The van der Waals surface area contributed by atoms with Crippen LogP contribution in [0.25, 0.3) is 0 Å². The molecule has 0 heterocycles. The number of halogens is 2. The molecule has 2 N–H and O–H groups in total. The van der Waals surface area contributed by atoms with E-state index >= 15 is 0 Å². The highest BCUT2D eigenvalue weighted by molar-refractivity contribution is 6.34. The molecule has 0 saturated carbocycles.